The van der Waals surface area contributed by atoms with Gasteiger partial charge in [0.2, 0.25) is 0 Å². The number of hydrogen-bond acceptors (Lipinski definition) is 4. The van der Waals surface area contributed by atoms with Gasteiger partial charge in [0.1, 0.15) is 0 Å². The van der Waals surface area contributed by atoms with Crippen molar-refractivity contribution in [2.24, 2.45) is 0 Å². The maximum absolute atomic E-state index is 5.80. The van der Waals surface area contributed by atoms with Gasteiger partial charge in [-0.25, -0.2) is 4.98 Å². The number of aromatic nitrogens is 1. The molecule has 0 bridgehead atoms. The van der Waals surface area contributed by atoms with E-state index in [1.807, 2.05) is 5.51 Å². The van der Waals surface area contributed by atoms with Gasteiger partial charge in [-0.2, -0.15) is 0 Å². The van der Waals surface area contributed by atoms with Gasteiger partial charge in [-0.15, -0.1) is 11.3 Å². The molecule has 1 N–H and O–H groups in total. The van der Waals surface area contributed by atoms with E-state index in [0.717, 1.165) is 31.3 Å². The molecule has 1 aromatic carbocycles. The van der Waals surface area contributed by atoms with Crippen LogP contribution in [0.25, 0.3) is 0 Å². The Kier molecular flexibility index (Phi) is 5.01. The summed E-state index contributed by atoms with van der Waals surface area (Å²) in [7, 11) is 0. The summed E-state index contributed by atoms with van der Waals surface area (Å²) in [4.78, 5) is 5.59. The highest BCUT2D eigenvalue weighted by Gasteiger charge is 2.19. The largest absolute Gasteiger partial charge is 0.376 e. The molecule has 3 nitrogen and oxygen atoms in total. The highest BCUT2D eigenvalue weighted by atomic mass is 32.1. The number of ether oxygens (including phenoxy) is 1. The second-order valence-corrected chi connectivity index (χ2v) is 6.58. The van der Waals surface area contributed by atoms with E-state index >= 15 is 0 Å². The highest BCUT2D eigenvalue weighted by molar-refractivity contribution is 7.09. The minimum Gasteiger partial charge on any atom is -0.376 e. The Morgan fingerprint density at radius 2 is 2.19 bits per heavy atom. The number of nitrogens with one attached hydrogen (secondary N) is 1. The van der Waals surface area contributed by atoms with Crippen molar-refractivity contribution in [1.29, 1.82) is 0 Å². The molecule has 0 aliphatic heterocycles. The van der Waals surface area contributed by atoms with Crippen molar-refractivity contribution in [3.8, 4) is 0 Å². The Balaban J connectivity index is 1.41. The van der Waals surface area contributed by atoms with E-state index in [4.69, 9.17) is 4.74 Å². The van der Waals surface area contributed by atoms with Gasteiger partial charge in [0.05, 0.1) is 24.4 Å². The van der Waals surface area contributed by atoms with Crippen LogP contribution in [-0.2, 0) is 24.3 Å². The number of aryl methyl sites for hydroxylation is 1. The van der Waals surface area contributed by atoms with E-state index < -0.39 is 0 Å². The summed E-state index contributed by atoms with van der Waals surface area (Å²) in [6.45, 7) is 4.48. The normalized spacial score (nSPS) is 14.5. The lowest BCUT2D eigenvalue weighted by Gasteiger charge is -2.07. The van der Waals surface area contributed by atoms with Crippen molar-refractivity contribution in [2.75, 3.05) is 6.61 Å². The molecule has 4 heteroatoms. The Morgan fingerprint density at radius 3 is 2.95 bits per heavy atom. The van der Waals surface area contributed by atoms with E-state index in [0.29, 0.717) is 6.61 Å². The molecule has 21 heavy (non-hydrogen) atoms. The second kappa shape index (κ2) is 7.16. The van der Waals surface area contributed by atoms with Crippen molar-refractivity contribution < 1.29 is 4.74 Å². The quantitative estimate of drug-likeness (QED) is 0.758. The Labute approximate surface area is 130 Å². The zero-order valence-electron chi connectivity index (χ0n) is 12.5. The molecule has 3 rings (SSSR count). The first-order chi connectivity index (χ1) is 10.3. The predicted molar refractivity (Wildman–Crippen MR) is 86.5 cm³/mol. The molecule has 1 aromatic heterocycles. The van der Waals surface area contributed by atoms with Crippen LogP contribution in [0.15, 0.2) is 29.8 Å². The number of thiazole rings is 1. The van der Waals surface area contributed by atoms with Gasteiger partial charge in [-0.3, -0.25) is 0 Å². The molecular weight excluding hydrogens is 280 g/mol. The number of rotatable bonds is 8. The molecule has 0 spiro atoms. The van der Waals surface area contributed by atoms with Crippen LogP contribution in [0.1, 0.15) is 34.5 Å². The first kappa shape index (κ1) is 14.7. The fraction of sp³-hybridized carbons (Fsp3) is 0.471. The average molecular weight is 302 g/mol. The lowest BCUT2D eigenvalue weighted by atomic mass is 10.1. The fourth-order valence-corrected chi connectivity index (χ4v) is 3.06. The van der Waals surface area contributed by atoms with Crippen LogP contribution in [0, 0.1) is 6.92 Å². The fourth-order valence-electron chi connectivity index (χ4n) is 2.30. The summed E-state index contributed by atoms with van der Waals surface area (Å²) >= 11 is 1.71. The Hall–Kier alpha value is -1.23. The van der Waals surface area contributed by atoms with E-state index in [-0.39, 0.29) is 0 Å². The van der Waals surface area contributed by atoms with Crippen molar-refractivity contribution in [3.63, 3.8) is 0 Å². The summed E-state index contributed by atoms with van der Waals surface area (Å²) in [5.41, 5.74) is 5.64. The van der Waals surface area contributed by atoms with Gasteiger partial charge in [-0.05, 0) is 30.9 Å². The van der Waals surface area contributed by atoms with Crippen molar-refractivity contribution >= 4 is 11.3 Å². The summed E-state index contributed by atoms with van der Waals surface area (Å²) in [5.74, 6) is 0. The lowest BCUT2D eigenvalue weighted by molar-refractivity contribution is 0.124. The van der Waals surface area contributed by atoms with Gasteiger partial charge < -0.3 is 10.1 Å². The topological polar surface area (TPSA) is 34.1 Å². The predicted octanol–water partition coefficient (Wildman–Crippen LogP) is 3.46. The molecule has 0 saturated heterocycles. The van der Waals surface area contributed by atoms with Crippen molar-refractivity contribution in [3.05, 3.63) is 51.5 Å². The monoisotopic (exact) mass is 302 g/mol. The lowest BCUT2D eigenvalue weighted by Crippen LogP contribution is -2.15. The molecule has 0 atom stereocenters. The van der Waals surface area contributed by atoms with Crippen LogP contribution >= 0.6 is 11.3 Å². The van der Waals surface area contributed by atoms with Crippen LogP contribution in [-0.4, -0.2) is 17.6 Å². The summed E-state index contributed by atoms with van der Waals surface area (Å²) < 4.78 is 5.80. The average Bonchev–Trinajstić information content (AvgIpc) is 3.24. The van der Waals surface area contributed by atoms with Crippen LogP contribution in [0.2, 0.25) is 0 Å². The van der Waals surface area contributed by atoms with Crippen LogP contribution in [0.3, 0.4) is 0 Å². The highest BCUT2D eigenvalue weighted by Crippen LogP contribution is 2.19. The zero-order chi connectivity index (χ0) is 14.5. The van der Waals surface area contributed by atoms with E-state index in [1.54, 1.807) is 11.3 Å². The third kappa shape index (κ3) is 4.63. The maximum Gasteiger partial charge on any atom is 0.0797 e. The number of benzene rings is 1. The summed E-state index contributed by atoms with van der Waals surface area (Å²) in [6, 6.07) is 9.44. The van der Waals surface area contributed by atoms with Crippen LogP contribution in [0.5, 0.6) is 0 Å². The molecule has 1 aliphatic carbocycles. The number of nitrogens with zero attached hydrogens (tertiary/aromatic N) is 1. The van der Waals surface area contributed by atoms with Crippen molar-refractivity contribution in [1.82, 2.24) is 10.3 Å². The molecule has 1 saturated carbocycles. The first-order valence-electron chi connectivity index (χ1n) is 7.59. The molecule has 2 aromatic rings. The molecule has 0 unspecified atom stereocenters. The van der Waals surface area contributed by atoms with Gasteiger partial charge >= 0.3 is 0 Å². The summed E-state index contributed by atoms with van der Waals surface area (Å²) in [5, 5.41) is 3.55. The van der Waals surface area contributed by atoms with Gasteiger partial charge in [0.25, 0.3) is 0 Å². The molecule has 0 radical (unpaired) electrons. The zero-order valence-corrected chi connectivity index (χ0v) is 13.3. The maximum atomic E-state index is 5.80. The second-order valence-electron chi connectivity index (χ2n) is 5.64. The molecule has 1 heterocycles. The molecular formula is C17H22N2OS. The Bertz CT molecular complexity index is 578. The minimum absolute atomic E-state index is 0.690. The van der Waals surface area contributed by atoms with Crippen LogP contribution in [0.4, 0.5) is 0 Å². The first-order valence-corrected chi connectivity index (χ1v) is 8.47. The third-order valence-corrected chi connectivity index (χ3v) is 4.75. The van der Waals surface area contributed by atoms with E-state index in [9.17, 15) is 0 Å². The summed E-state index contributed by atoms with van der Waals surface area (Å²) in [6.07, 6.45) is 3.62. The molecule has 112 valence electrons. The molecule has 0 amide bonds. The SMILES string of the molecule is Cc1ncsc1CCOCc1cccc(CNC2CC2)c1. The number of hydrogen-bond donors (Lipinski definition) is 1. The smallest absolute Gasteiger partial charge is 0.0797 e. The Morgan fingerprint density at radius 1 is 1.33 bits per heavy atom. The van der Waals surface area contributed by atoms with Gasteiger partial charge in [-0.1, -0.05) is 24.3 Å². The molecule has 1 fully saturated rings. The van der Waals surface area contributed by atoms with Gasteiger partial charge in [0, 0.05) is 23.9 Å². The van der Waals surface area contributed by atoms with E-state index in [2.05, 4.69) is 41.5 Å². The van der Waals surface area contributed by atoms with E-state index in [1.165, 1.54) is 28.8 Å². The standard InChI is InChI=1S/C17H22N2OS/c1-13-17(21-12-19-13)7-8-20-11-15-4-2-3-14(9-15)10-18-16-5-6-16/h2-4,9,12,16,18H,5-8,10-11H2,1H3. The molecule has 1 aliphatic rings. The van der Waals surface area contributed by atoms with Gasteiger partial charge in [0.15, 0.2) is 0 Å². The van der Waals surface area contributed by atoms with Crippen molar-refractivity contribution in [2.45, 2.75) is 45.4 Å². The third-order valence-electron chi connectivity index (χ3n) is 3.75. The minimum atomic E-state index is 0.690. The van der Waals surface area contributed by atoms with Crippen LogP contribution < -0.4 is 5.32 Å².